The zero-order chi connectivity index (χ0) is 15.9. The molecule has 0 radical (unpaired) electrons. The predicted octanol–water partition coefficient (Wildman–Crippen LogP) is 1.73. The fraction of sp³-hybridized carbons (Fsp3) is 0.647. The Labute approximate surface area is 134 Å². The normalized spacial score (nSPS) is 18.2. The lowest BCUT2D eigenvalue weighted by atomic mass is 10.0. The Hall–Kier alpha value is -1.30. The highest BCUT2D eigenvalue weighted by Gasteiger charge is 2.24. The van der Waals surface area contributed by atoms with Crippen LogP contribution in [0.5, 0.6) is 11.5 Å². The van der Waals surface area contributed by atoms with E-state index in [-0.39, 0.29) is 6.04 Å². The summed E-state index contributed by atoms with van der Waals surface area (Å²) in [4.78, 5) is 4.95. The number of hydrogen-bond donors (Lipinski definition) is 1. The Kier molecular flexibility index (Phi) is 6.49. The molecule has 1 fully saturated rings. The summed E-state index contributed by atoms with van der Waals surface area (Å²) < 4.78 is 11.1. The molecule has 5 nitrogen and oxygen atoms in total. The minimum absolute atomic E-state index is 0.240. The number of piperazine rings is 1. The molecule has 1 atom stereocenters. The Morgan fingerprint density at radius 1 is 1.14 bits per heavy atom. The molecule has 1 aliphatic heterocycles. The highest BCUT2D eigenvalue weighted by Crippen LogP contribution is 2.32. The van der Waals surface area contributed by atoms with Crippen molar-refractivity contribution in [2.24, 2.45) is 5.73 Å². The summed E-state index contributed by atoms with van der Waals surface area (Å²) in [5, 5.41) is 0. The molecular weight excluding hydrogens is 278 g/mol. The lowest BCUT2D eigenvalue weighted by Crippen LogP contribution is -2.48. The van der Waals surface area contributed by atoms with E-state index in [1.165, 1.54) is 5.56 Å². The first kappa shape index (κ1) is 17.1. The monoisotopic (exact) mass is 307 g/mol. The maximum atomic E-state index is 6.07. The van der Waals surface area contributed by atoms with Crippen LogP contribution in [0.4, 0.5) is 0 Å². The average molecular weight is 307 g/mol. The summed E-state index contributed by atoms with van der Waals surface area (Å²) >= 11 is 0. The number of ether oxygens (including phenoxy) is 2. The number of likely N-dealkylation sites (N-methyl/N-ethyl adjacent to an activating group) is 1. The van der Waals surface area contributed by atoms with Crippen molar-refractivity contribution in [2.45, 2.75) is 19.9 Å². The van der Waals surface area contributed by atoms with Gasteiger partial charge in [-0.3, -0.25) is 4.90 Å². The van der Waals surface area contributed by atoms with E-state index in [4.69, 9.17) is 15.2 Å². The number of rotatable bonds is 7. The zero-order valence-electron chi connectivity index (χ0n) is 14.0. The van der Waals surface area contributed by atoms with Gasteiger partial charge in [-0.2, -0.15) is 0 Å². The number of benzene rings is 1. The third-order valence-corrected chi connectivity index (χ3v) is 4.39. The van der Waals surface area contributed by atoms with Gasteiger partial charge in [-0.15, -0.1) is 0 Å². The SMILES string of the molecule is CCOc1cc(C(CN)N2CCN(CC)CC2)ccc1OC. The molecule has 22 heavy (non-hydrogen) atoms. The molecule has 2 N–H and O–H groups in total. The Bertz CT molecular complexity index is 459. The summed E-state index contributed by atoms with van der Waals surface area (Å²) in [5.41, 5.74) is 7.28. The molecule has 1 aliphatic rings. The minimum Gasteiger partial charge on any atom is -0.493 e. The van der Waals surface area contributed by atoms with E-state index in [1.54, 1.807) is 7.11 Å². The second kappa shape index (κ2) is 8.36. The van der Waals surface area contributed by atoms with Gasteiger partial charge in [0.1, 0.15) is 0 Å². The van der Waals surface area contributed by atoms with Crippen LogP contribution < -0.4 is 15.2 Å². The molecule has 0 aromatic heterocycles. The van der Waals surface area contributed by atoms with Crippen molar-refractivity contribution in [3.05, 3.63) is 23.8 Å². The van der Waals surface area contributed by atoms with E-state index in [0.717, 1.165) is 44.2 Å². The van der Waals surface area contributed by atoms with Gasteiger partial charge < -0.3 is 20.1 Å². The second-order valence-electron chi connectivity index (χ2n) is 5.57. The molecular formula is C17H29N3O2. The lowest BCUT2D eigenvalue weighted by molar-refractivity contribution is 0.102. The Balaban J connectivity index is 2.15. The van der Waals surface area contributed by atoms with Crippen LogP contribution in [0.15, 0.2) is 18.2 Å². The van der Waals surface area contributed by atoms with Crippen LogP contribution in [0.2, 0.25) is 0 Å². The molecule has 1 heterocycles. The smallest absolute Gasteiger partial charge is 0.161 e. The van der Waals surface area contributed by atoms with Crippen LogP contribution in [-0.4, -0.2) is 62.8 Å². The van der Waals surface area contributed by atoms with Crippen LogP contribution in [0, 0.1) is 0 Å². The maximum Gasteiger partial charge on any atom is 0.161 e. The van der Waals surface area contributed by atoms with Crippen molar-refractivity contribution in [1.29, 1.82) is 0 Å². The van der Waals surface area contributed by atoms with Gasteiger partial charge in [-0.05, 0) is 31.2 Å². The average Bonchev–Trinajstić information content (AvgIpc) is 2.57. The summed E-state index contributed by atoms with van der Waals surface area (Å²) in [6.07, 6.45) is 0. The first-order valence-electron chi connectivity index (χ1n) is 8.20. The van der Waals surface area contributed by atoms with Crippen molar-refractivity contribution in [1.82, 2.24) is 9.80 Å². The summed E-state index contributed by atoms with van der Waals surface area (Å²) in [7, 11) is 1.67. The summed E-state index contributed by atoms with van der Waals surface area (Å²) in [6, 6.07) is 6.40. The zero-order valence-corrected chi connectivity index (χ0v) is 14.0. The molecule has 0 spiro atoms. The molecule has 1 unspecified atom stereocenters. The van der Waals surface area contributed by atoms with Crippen molar-refractivity contribution in [3.63, 3.8) is 0 Å². The van der Waals surface area contributed by atoms with E-state index in [9.17, 15) is 0 Å². The van der Waals surface area contributed by atoms with Crippen LogP contribution >= 0.6 is 0 Å². The molecule has 1 aromatic rings. The molecule has 0 saturated carbocycles. The van der Waals surface area contributed by atoms with Gasteiger partial charge in [0.25, 0.3) is 0 Å². The maximum absolute atomic E-state index is 6.07. The third-order valence-electron chi connectivity index (χ3n) is 4.39. The topological polar surface area (TPSA) is 51.0 Å². The van der Waals surface area contributed by atoms with E-state index in [1.807, 2.05) is 13.0 Å². The predicted molar refractivity (Wildman–Crippen MR) is 89.6 cm³/mol. The number of hydrogen-bond acceptors (Lipinski definition) is 5. The fourth-order valence-electron chi connectivity index (χ4n) is 3.06. The molecule has 5 heteroatoms. The van der Waals surface area contributed by atoms with Crippen molar-refractivity contribution < 1.29 is 9.47 Å². The Morgan fingerprint density at radius 3 is 2.41 bits per heavy atom. The van der Waals surface area contributed by atoms with Gasteiger partial charge in [-0.1, -0.05) is 13.0 Å². The molecule has 0 bridgehead atoms. The first-order valence-corrected chi connectivity index (χ1v) is 8.20. The lowest BCUT2D eigenvalue weighted by Gasteiger charge is -2.38. The van der Waals surface area contributed by atoms with Gasteiger partial charge in [0.15, 0.2) is 11.5 Å². The fourth-order valence-corrected chi connectivity index (χ4v) is 3.06. The van der Waals surface area contributed by atoms with Gasteiger partial charge in [0.05, 0.1) is 13.7 Å². The molecule has 0 amide bonds. The second-order valence-corrected chi connectivity index (χ2v) is 5.57. The summed E-state index contributed by atoms with van der Waals surface area (Å²) in [5.74, 6) is 1.57. The molecule has 0 aliphatic carbocycles. The van der Waals surface area contributed by atoms with E-state index < -0.39 is 0 Å². The highest BCUT2D eigenvalue weighted by atomic mass is 16.5. The van der Waals surface area contributed by atoms with Crippen molar-refractivity contribution in [3.8, 4) is 11.5 Å². The third kappa shape index (κ3) is 3.91. The Morgan fingerprint density at radius 2 is 1.86 bits per heavy atom. The minimum atomic E-state index is 0.240. The van der Waals surface area contributed by atoms with Crippen molar-refractivity contribution in [2.75, 3.05) is 53.0 Å². The molecule has 2 rings (SSSR count). The highest BCUT2D eigenvalue weighted by molar-refractivity contribution is 5.44. The number of methoxy groups -OCH3 is 1. The van der Waals surface area contributed by atoms with Gasteiger partial charge >= 0.3 is 0 Å². The first-order chi connectivity index (χ1) is 10.7. The molecule has 124 valence electrons. The number of nitrogens with zero attached hydrogens (tertiary/aromatic N) is 2. The van der Waals surface area contributed by atoms with Crippen LogP contribution in [0.3, 0.4) is 0 Å². The van der Waals surface area contributed by atoms with Gasteiger partial charge in [0, 0.05) is 38.8 Å². The van der Waals surface area contributed by atoms with E-state index in [2.05, 4.69) is 28.9 Å². The quantitative estimate of drug-likeness (QED) is 0.831. The summed E-state index contributed by atoms with van der Waals surface area (Å²) in [6.45, 7) is 10.9. The van der Waals surface area contributed by atoms with E-state index >= 15 is 0 Å². The van der Waals surface area contributed by atoms with Crippen molar-refractivity contribution >= 4 is 0 Å². The largest absolute Gasteiger partial charge is 0.493 e. The molecule has 1 saturated heterocycles. The van der Waals surface area contributed by atoms with Crippen LogP contribution in [-0.2, 0) is 0 Å². The van der Waals surface area contributed by atoms with Gasteiger partial charge in [-0.25, -0.2) is 0 Å². The number of nitrogens with two attached hydrogens (primary N) is 1. The standard InChI is InChI=1S/C17H29N3O2/c1-4-19-8-10-20(11-9-19)15(13-18)14-6-7-16(21-3)17(12-14)22-5-2/h6-7,12,15H,4-5,8-11,13,18H2,1-3H3. The van der Waals surface area contributed by atoms with Crippen LogP contribution in [0.25, 0.3) is 0 Å². The van der Waals surface area contributed by atoms with Gasteiger partial charge in [0.2, 0.25) is 0 Å². The molecule has 1 aromatic carbocycles. The van der Waals surface area contributed by atoms with E-state index in [0.29, 0.717) is 13.2 Å². The van der Waals surface area contributed by atoms with Crippen LogP contribution in [0.1, 0.15) is 25.5 Å².